The molecule has 5 heteroatoms. The van der Waals surface area contributed by atoms with Gasteiger partial charge in [-0.15, -0.1) is 0 Å². The molecule has 0 spiro atoms. The third kappa shape index (κ3) is 2.87. The Morgan fingerprint density at radius 2 is 2.05 bits per heavy atom. The fourth-order valence-corrected chi connectivity index (χ4v) is 3.86. The number of hydrogen-bond acceptors (Lipinski definition) is 5. The van der Waals surface area contributed by atoms with Crippen LogP contribution in [-0.2, 0) is 0 Å². The van der Waals surface area contributed by atoms with Gasteiger partial charge in [-0.2, -0.15) is 9.64 Å². The van der Waals surface area contributed by atoms with Crippen LogP contribution in [0.25, 0.3) is 10.9 Å². The smallest absolute Gasteiger partial charge is 0.120 e. The summed E-state index contributed by atoms with van der Waals surface area (Å²) in [7, 11) is 0. The zero-order chi connectivity index (χ0) is 14.7. The molecule has 0 N–H and O–H groups in total. The van der Waals surface area contributed by atoms with Gasteiger partial charge < -0.3 is 4.90 Å². The van der Waals surface area contributed by atoms with E-state index in [1.165, 1.54) is 10.4 Å². The predicted molar refractivity (Wildman–Crippen MR) is 87.7 cm³/mol. The van der Waals surface area contributed by atoms with Crippen molar-refractivity contribution in [3.8, 4) is 6.07 Å². The van der Waals surface area contributed by atoms with Crippen molar-refractivity contribution in [1.29, 1.82) is 5.26 Å². The molecule has 0 amide bonds. The van der Waals surface area contributed by atoms with E-state index in [4.69, 9.17) is 0 Å². The maximum Gasteiger partial charge on any atom is 0.120 e. The molecule has 1 fully saturated rings. The number of aromatic nitrogens is 1. The van der Waals surface area contributed by atoms with Crippen LogP contribution in [0.15, 0.2) is 24.3 Å². The monoisotopic (exact) mass is 300 g/mol. The van der Waals surface area contributed by atoms with Crippen molar-refractivity contribution in [3.05, 3.63) is 24.3 Å². The molecule has 4 nitrogen and oxygen atoms in total. The van der Waals surface area contributed by atoms with Gasteiger partial charge in [0.25, 0.3) is 0 Å². The molecule has 0 radical (unpaired) electrons. The number of piperazine rings is 1. The number of hydrogen-bond donors (Lipinski definition) is 0. The Labute approximate surface area is 129 Å². The Morgan fingerprint density at radius 3 is 2.76 bits per heavy atom. The lowest BCUT2D eigenvalue weighted by Gasteiger charge is -2.37. The number of nitrogens with zero attached hydrogens (tertiary/aromatic N) is 4. The van der Waals surface area contributed by atoms with Crippen molar-refractivity contribution in [2.24, 2.45) is 0 Å². The molecule has 1 aromatic heterocycles. The Hall–Kier alpha value is -1.64. The highest BCUT2D eigenvalue weighted by Gasteiger charge is 2.24. The Kier molecular flexibility index (Phi) is 4.37. The average molecular weight is 300 g/mol. The molecule has 1 saturated heterocycles. The fourth-order valence-electron chi connectivity index (χ4n) is 2.94. The van der Waals surface area contributed by atoms with Crippen LogP contribution in [-0.4, -0.2) is 41.5 Å². The lowest BCUT2D eigenvalue weighted by atomic mass is 10.1. The minimum absolute atomic E-state index is 0.0790. The van der Waals surface area contributed by atoms with Crippen LogP contribution in [0.5, 0.6) is 0 Å². The fraction of sp³-hybridized carbons (Fsp3) is 0.500. The zero-order valence-electron chi connectivity index (χ0n) is 12.3. The molecule has 110 valence electrons. The maximum absolute atomic E-state index is 9.29. The average Bonchev–Trinajstić information content (AvgIpc) is 2.97. The van der Waals surface area contributed by atoms with Gasteiger partial charge in [0.05, 0.1) is 17.6 Å². The van der Waals surface area contributed by atoms with Crippen molar-refractivity contribution in [1.82, 2.24) is 9.27 Å². The molecule has 0 bridgehead atoms. The lowest BCUT2D eigenvalue weighted by molar-refractivity contribution is 0.212. The van der Waals surface area contributed by atoms with E-state index in [9.17, 15) is 5.26 Å². The largest absolute Gasteiger partial charge is 0.359 e. The van der Waals surface area contributed by atoms with E-state index < -0.39 is 0 Å². The molecule has 1 aromatic carbocycles. The summed E-state index contributed by atoms with van der Waals surface area (Å²) in [6, 6.07) is 10.9. The maximum atomic E-state index is 9.29. The van der Waals surface area contributed by atoms with Gasteiger partial charge in [-0.05, 0) is 30.1 Å². The summed E-state index contributed by atoms with van der Waals surface area (Å²) in [5.41, 5.74) is 1.08. The topological polar surface area (TPSA) is 43.2 Å². The van der Waals surface area contributed by atoms with Gasteiger partial charge in [0.15, 0.2) is 0 Å². The van der Waals surface area contributed by atoms with Crippen LogP contribution in [0.3, 0.4) is 0 Å². The van der Waals surface area contributed by atoms with Gasteiger partial charge in [-0.25, -0.2) is 0 Å². The third-order valence-corrected chi connectivity index (χ3v) is 5.06. The summed E-state index contributed by atoms with van der Waals surface area (Å²) in [6.45, 7) is 6.03. The number of fused-ring (bicyclic) bond motifs is 1. The second-order valence-corrected chi connectivity index (χ2v) is 6.21. The lowest BCUT2D eigenvalue weighted by Crippen LogP contribution is -2.49. The standard InChI is InChI=1S/C16H20N4S/c1-2-5-13(12-17)19-8-10-20(11-9-19)16-14-6-3-4-7-15(14)18-21-16/h3-4,6-7,13H,2,5,8-11H2,1H3. The molecule has 0 aliphatic carbocycles. The summed E-state index contributed by atoms with van der Waals surface area (Å²) in [5, 5.41) is 11.8. The zero-order valence-corrected chi connectivity index (χ0v) is 13.1. The van der Waals surface area contributed by atoms with Crippen LogP contribution in [0.4, 0.5) is 5.00 Å². The van der Waals surface area contributed by atoms with E-state index in [1.54, 1.807) is 11.5 Å². The highest BCUT2D eigenvalue weighted by molar-refractivity contribution is 7.11. The first-order valence-corrected chi connectivity index (χ1v) is 8.34. The van der Waals surface area contributed by atoms with Crippen molar-refractivity contribution in [2.45, 2.75) is 25.8 Å². The Morgan fingerprint density at radius 1 is 1.29 bits per heavy atom. The SMILES string of the molecule is CCCC(C#N)N1CCN(c2snc3ccccc23)CC1. The second kappa shape index (κ2) is 6.42. The van der Waals surface area contributed by atoms with Gasteiger partial charge >= 0.3 is 0 Å². The minimum Gasteiger partial charge on any atom is -0.359 e. The van der Waals surface area contributed by atoms with Gasteiger partial charge in [0.1, 0.15) is 5.00 Å². The van der Waals surface area contributed by atoms with Crippen LogP contribution in [0, 0.1) is 11.3 Å². The van der Waals surface area contributed by atoms with Crippen LogP contribution in [0.2, 0.25) is 0 Å². The molecular formula is C16H20N4S. The third-order valence-electron chi connectivity index (χ3n) is 4.12. The molecule has 1 unspecified atom stereocenters. The van der Waals surface area contributed by atoms with Gasteiger partial charge in [-0.1, -0.05) is 25.5 Å². The molecule has 21 heavy (non-hydrogen) atoms. The van der Waals surface area contributed by atoms with Crippen molar-refractivity contribution < 1.29 is 0 Å². The highest BCUT2D eigenvalue weighted by Crippen LogP contribution is 2.31. The molecule has 2 heterocycles. The minimum atomic E-state index is 0.0790. The van der Waals surface area contributed by atoms with E-state index in [1.807, 2.05) is 6.07 Å². The molecule has 1 aliphatic heterocycles. The van der Waals surface area contributed by atoms with E-state index >= 15 is 0 Å². The highest BCUT2D eigenvalue weighted by atomic mass is 32.1. The van der Waals surface area contributed by atoms with E-state index in [2.05, 4.69) is 45.4 Å². The number of benzene rings is 1. The quantitative estimate of drug-likeness (QED) is 0.870. The number of anilines is 1. The van der Waals surface area contributed by atoms with Crippen LogP contribution < -0.4 is 4.90 Å². The predicted octanol–water partition coefficient (Wildman–Crippen LogP) is 3.11. The summed E-state index contributed by atoms with van der Waals surface area (Å²) in [5.74, 6) is 0. The molecule has 2 aromatic rings. The van der Waals surface area contributed by atoms with Gasteiger partial charge in [0, 0.05) is 31.6 Å². The van der Waals surface area contributed by atoms with E-state index in [0.29, 0.717) is 0 Å². The van der Waals surface area contributed by atoms with Crippen LogP contribution >= 0.6 is 11.5 Å². The second-order valence-electron chi connectivity index (χ2n) is 5.46. The molecule has 0 saturated carbocycles. The molecule has 1 aliphatic rings. The molecular weight excluding hydrogens is 280 g/mol. The van der Waals surface area contributed by atoms with E-state index in [0.717, 1.165) is 44.5 Å². The van der Waals surface area contributed by atoms with Crippen LogP contribution in [0.1, 0.15) is 19.8 Å². The van der Waals surface area contributed by atoms with Crippen molar-refractivity contribution >= 4 is 27.4 Å². The summed E-state index contributed by atoms with van der Waals surface area (Å²) in [4.78, 5) is 4.74. The molecule has 1 atom stereocenters. The first-order chi connectivity index (χ1) is 10.3. The van der Waals surface area contributed by atoms with E-state index in [-0.39, 0.29) is 6.04 Å². The van der Waals surface area contributed by atoms with Crippen molar-refractivity contribution in [2.75, 3.05) is 31.1 Å². The van der Waals surface area contributed by atoms with Gasteiger partial charge in [-0.3, -0.25) is 4.90 Å². The first kappa shape index (κ1) is 14.3. The number of nitriles is 1. The molecule has 3 rings (SSSR count). The Bertz CT molecular complexity index is 637. The Balaban J connectivity index is 1.70. The summed E-state index contributed by atoms with van der Waals surface area (Å²) in [6.07, 6.45) is 2.04. The normalized spacial score (nSPS) is 17.8. The number of rotatable bonds is 4. The van der Waals surface area contributed by atoms with Crippen molar-refractivity contribution in [3.63, 3.8) is 0 Å². The van der Waals surface area contributed by atoms with Gasteiger partial charge in [0.2, 0.25) is 0 Å². The summed E-state index contributed by atoms with van der Waals surface area (Å²) >= 11 is 1.59. The first-order valence-electron chi connectivity index (χ1n) is 7.56. The summed E-state index contributed by atoms with van der Waals surface area (Å²) < 4.78 is 4.53.